The van der Waals surface area contributed by atoms with Gasteiger partial charge in [0.2, 0.25) is 0 Å². The molecule has 2 atom stereocenters. The van der Waals surface area contributed by atoms with Gasteiger partial charge < -0.3 is 15.2 Å². The molecule has 0 spiro atoms. The van der Waals surface area contributed by atoms with Crippen molar-refractivity contribution in [2.45, 2.75) is 44.9 Å². The molecule has 0 saturated heterocycles. The van der Waals surface area contributed by atoms with Crippen LogP contribution < -0.4 is 10.1 Å². The van der Waals surface area contributed by atoms with E-state index in [9.17, 15) is 5.11 Å². The molecule has 0 unspecified atom stereocenters. The molecule has 5 rings (SSSR count). The number of ether oxygens (including phenoxy) is 1. The third-order valence-corrected chi connectivity index (χ3v) is 6.37. The second-order valence-corrected chi connectivity index (χ2v) is 9.22. The van der Waals surface area contributed by atoms with Gasteiger partial charge in [-0.15, -0.1) is 0 Å². The number of aromatic nitrogens is 2. The van der Waals surface area contributed by atoms with Crippen molar-refractivity contribution in [2.24, 2.45) is 0 Å². The third-order valence-electron chi connectivity index (χ3n) is 6.37. The highest BCUT2D eigenvalue weighted by Gasteiger charge is 2.43. The summed E-state index contributed by atoms with van der Waals surface area (Å²) in [4.78, 5) is 9.78. The first-order valence-electron chi connectivity index (χ1n) is 11.4. The van der Waals surface area contributed by atoms with Crippen LogP contribution in [0.4, 0.5) is 0 Å². The molecule has 1 aliphatic heterocycles. The number of rotatable bonds is 5. The number of aliphatic hydroxyl groups excluding tert-OH is 1. The molecule has 1 aliphatic rings. The second kappa shape index (κ2) is 8.58. The van der Waals surface area contributed by atoms with E-state index in [1.165, 1.54) is 5.56 Å². The Morgan fingerprint density at radius 2 is 1.61 bits per heavy atom. The van der Waals surface area contributed by atoms with Crippen LogP contribution in [0.25, 0.3) is 22.3 Å². The van der Waals surface area contributed by atoms with Crippen LogP contribution in [0.15, 0.2) is 72.8 Å². The smallest absolute Gasteiger partial charge is 0.131 e. The Morgan fingerprint density at radius 1 is 0.939 bits per heavy atom. The van der Waals surface area contributed by atoms with Crippen molar-refractivity contribution < 1.29 is 9.84 Å². The summed E-state index contributed by atoms with van der Waals surface area (Å²) in [7, 11) is 0. The number of hydrogen-bond acceptors (Lipinski definition) is 5. The van der Waals surface area contributed by atoms with Crippen molar-refractivity contribution in [1.82, 2.24) is 15.3 Å². The van der Waals surface area contributed by atoms with Gasteiger partial charge in [0.15, 0.2) is 0 Å². The molecule has 0 fully saturated rings. The van der Waals surface area contributed by atoms with Gasteiger partial charge in [-0.2, -0.15) is 0 Å². The summed E-state index contributed by atoms with van der Waals surface area (Å²) < 4.78 is 6.23. The molecule has 0 bridgehead atoms. The molecule has 3 aromatic carbocycles. The molecule has 0 aliphatic carbocycles. The SMILES string of the molecule is Cc1nc2cc3c(cc2nc1-c1ccccc1)[C@H](NCCc1ccccc1)[C@@H](O)C(C)(C)O3. The van der Waals surface area contributed by atoms with Gasteiger partial charge in [-0.3, -0.25) is 0 Å². The molecule has 4 aromatic rings. The van der Waals surface area contributed by atoms with Crippen LogP contribution in [-0.2, 0) is 6.42 Å². The van der Waals surface area contributed by atoms with E-state index < -0.39 is 11.7 Å². The van der Waals surface area contributed by atoms with Crippen LogP contribution in [-0.4, -0.2) is 33.3 Å². The van der Waals surface area contributed by atoms with Crippen LogP contribution in [0.5, 0.6) is 5.75 Å². The minimum atomic E-state index is -0.725. The van der Waals surface area contributed by atoms with Gasteiger partial charge in [0, 0.05) is 17.2 Å². The minimum Gasteiger partial charge on any atom is -0.485 e. The van der Waals surface area contributed by atoms with Crippen molar-refractivity contribution in [3.05, 3.63) is 89.6 Å². The van der Waals surface area contributed by atoms with E-state index in [4.69, 9.17) is 14.7 Å². The zero-order chi connectivity index (χ0) is 23.0. The van der Waals surface area contributed by atoms with Gasteiger partial charge in [-0.1, -0.05) is 60.7 Å². The van der Waals surface area contributed by atoms with Gasteiger partial charge in [0.05, 0.1) is 28.5 Å². The van der Waals surface area contributed by atoms with Crippen LogP contribution in [0.1, 0.15) is 36.7 Å². The van der Waals surface area contributed by atoms with Crippen molar-refractivity contribution in [2.75, 3.05) is 6.54 Å². The number of aliphatic hydroxyl groups is 1. The highest BCUT2D eigenvalue weighted by Crippen LogP contribution is 2.41. The van der Waals surface area contributed by atoms with Crippen molar-refractivity contribution in [3.8, 4) is 17.0 Å². The van der Waals surface area contributed by atoms with E-state index in [0.29, 0.717) is 0 Å². The molecule has 0 amide bonds. The summed E-state index contributed by atoms with van der Waals surface area (Å²) in [6.07, 6.45) is 0.177. The van der Waals surface area contributed by atoms with Gasteiger partial charge in [-0.25, -0.2) is 9.97 Å². The predicted octanol–water partition coefficient (Wildman–Crippen LogP) is 5.01. The lowest BCUT2D eigenvalue weighted by Crippen LogP contribution is -2.52. The first kappa shape index (κ1) is 21.6. The summed E-state index contributed by atoms with van der Waals surface area (Å²) >= 11 is 0. The van der Waals surface area contributed by atoms with E-state index in [-0.39, 0.29) is 6.04 Å². The lowest BCUT2D eigenvalue weighted by atomic mass is 9.86. The molecule has 33 heavy (non-hydrogen) atoms. The van der Waals surface area contributed by atoms with E-state index >= 15 is 0 Å². The maximum atomic E-state index is 11.2. The van der Waals surface area contributed by atoms with E-state index in [1.54, 1.807) is 0 Å². The Balaban J connectivity index is 1.52. The predicted molar refractivity (Wildman–Crippen MR) is 131 cm³/mol. The fourth-order valence-corrected chi connectivity index (χ4v) is 4.54. The van der Waals surface area contributed by atoms with Crippen molar-refractivity contribution in [3.63, 3.8) is 0 Å². The van der Waals surface area contributed by atoms with Crippen LogP contribution >= 0.6 is 0 Å². The van der Waals surface area contributed by atoms with Crippen LogP contribution in [0.3, 0.4) is 0 Å². The Morgan fingerprint density at radius 3 is 2.33 bits per heavy atom. The number of benzene rings is 3. The molecule has 0 saturated carbocycles. The molecule has 2 heterocycles. The highest BCUT2D eigenvalue weighted by molar-refractivity contribution is 5.81. The monoisotopic (exact) mass is 439 g/mol. The summed E-state index contributed by atoms with van der Waals surface area (Å²) in [5, 5.41) is 14.7. The second-order valence-electron chi connectivity index (χ2n) is 9.22. The number of hydrogen-bond donors (Lipinski definition) is 2. The zero-order valence-corrected chi connectivity index (χ0v) is 19.2. The summed E-state index contributed by atoms with van der Waals surface area (Å²) in [6, 6.07) is 24.2. The Bertz CT molecular complexity index is 1270. The maximum absolute atomic E-state index is 11.2. The largest absolute Gasteiger partial charge is 0.485 e. The zero-order valence-electron chi connectivity index (χ0n) is 19.2. The van der Waals surface area contributed by atoms with Crippen molar-refractivity contribution >= 4 is 11.0 Å². The Kier molecular flexibility index (Phi) is 5.60. The average molecular weight is 440 g/mol. The summed E-state index contributed by atoms with van der Waals surface area (Å²) in [6.45, 7) is 6.57. The molecule has 0 radical (unpaired) electrons. The summed E-state index contributed by atoms with van der Waals surface area (Å²) in [5.74, 6) is 0.746. The molecule has 2 N–H and O–H groups in total. The van der Waals surface area contributed by atoms with Gasteiger partial charge in [0.1, 0.15) is 17.5 Å². The van der Waals surface area contributed by atoms with Crippen LogP contribution in [0.2, 0.25) is 0 Å². The lowest BCUT2D eigenvalue weighted by Gasteiger charge is -2.42. The quantitative estimate of drug-likeness (QED) is 0.458. The number of fused-ring (bicyclic) bond motifs is 2. The Labute approximate surface area is 194 Å². The van der Waals surface area contributed by atoms with Gasteiger partial charge >= 0.3 is 0 Å². The molecular weight excluding hydrogens is 410 g/mol. The average Bonchev–Trinajstić information content (AvgIpc) is 2.81. The fourth-order valence-electron chi connectivity index (χ4n) is 4.54. The standard InChI is InChI=1S/C28H29N3O2/c1-18-25(20-12-8-5-9-13-20)31-22-16-21-24(17-23(22)30-18)33-28(2,3)27(32)26(21)29-15-14-19-10-6-4-7-11-19/h4-13,16-17,26-27,29,32H,14-15H2,1-3H3/t26-,27+/m0/s1. The molecule has 5 heteroatoms. The first-order valence-corrected chi connectivity index (χ1v) is 11.4. The van der Waals surface area contributed by atoms with E-state index in [1.807, 2.05) is 81.4 Å². The topological polar surface area (TPSA) is 67.3 Å². The first-order chi connectivity index (χ1) is 15.9. The number of nitrogens with one attached hydrogen (secondary N) is 1. The molecule has 5 nitrogen and oxygen atoms in total. The highest BCUT2D eigenvalue weighted by atomic mass is 16.5. The normalized spacial score (nSPS) is 19.2. The van der Waals surface area contributed by atoms with Gasteiger partial charge in [0.25, 0.3) is 0 Å². The van der Waals surface area contributed by atoms with E-state index in [0.717, 1.165) is 52.3 Å². The van der Waals surface area contributed by atoms with Crippen molar-refractivity contribution in [1.29, 1.82) is 0 Å². The maximum Gasteiger partial charge on any atom is 0.131 e. The fraction of sp³-hybridized carbons (Fsp3) is 0.286. The molecular formula is C28H29N3O2. The number of aryl methyl sites for hydroxylation is 1. The van der Waals surface area contributed by atoms with E-state index in [2.05, 4.69) is 17.4 Å². The number of nitrogens with zero attached hydrogens (tertiary/aromatic N) is 2. The minimum absolute atomic E-state index is 0.264. The molecule has 168 valence electrons. The van der Waals surface area contributed by atoms with Gasteiger partial charge in [-0.05, 0) is 45.4 Å². The summed E-state index contributed by atoms with van der Waals surface area (Å²) in [5.41, 5.74) is 5.83. The third kappa shape index (κ3) is 4.22. The lowest BCUT2D eigenvalue weighted by molar-refractivity contribution is -0.0642. The molecule has 1 aromatic heterocycles. The van der Waals surface area contributed by atoms with Crippen LogP contribution in [0, 0.1) is 6.92 Å². The Hall–Kier alpha value is -3.28.